The summed E-state index contributed by atoms with van der Waals surface area (Å²) in [6, 6.07) is 6.02. The van der Waals surface area contributed by atoms with Gasteiger partial charge in [-0.2, -0.15) is 0 Å². The van der Waals surface area contributed by atoms with Gasteiger partial charge in [-0.1, -0.05) is 24.6 Å². The van der Waals surface area contributed by atoms with Gasteiger partial charge in [0.1, 0.15) is 13.2 Å². The van der Waals surface area contributed by atoms with Crippen molar-refractivity contribution in [3.8, 4) is 11.5 Å². The molecule has 0 atom stereocenters. The van der Waals surface area contributed by atoms with Crippen LogP contribution in [-0.4, -0.2) is 73.1 Å². The minimum absolute atomic E-state index is 0.625. The van der Waals surface area contributed by atoms with E-state index in [1.165, 1.54) is 38.9 Å². The lowest BCUT2D eigenvalue weighted by Gasteiger charge is -2.26. The molecule has 0 aliphatic carbocycles. The van der Waals surface area contributed by atoms with Gasteiger partial charge in [0.15, 0.2) is 11.5 Å². The van der Waals surface area contributed by atoms with Crippen LogP contribution in [0.4, 0.5) is 0 Å². The van der Waals surface area contributed by atoms with Gasteiger partial charge in [0.05, 0.1) is 6.61 Å². The molecule has 0 unspecified atom stereocenters. The van der Waals surface area contributed by atoms with Crippen LogP contribution in [0.25, 0.3) is 6.08 Å². The lowest BCUT2D eigenvalue weighted by molar-refractivity contribution is -0.159. The molecule has 0 radical (unpaired) electrons. The second kappa shape index (κ2) is 12.8. The SMILES string of the molecule is C(=C\c1ccc2c(c1)OCCO2)/COCCCN1CCCCC1.O=C(O)C(=O)O. The number of ether oxygens (including phenoxy) is 3. The van der Waals surface area contributed by atoms with E-state index in [2.05, 4.69) is 17.1 Å². The molecule has 1 aromatic rings. The molecule has 2 aliphatic rings. The number of hydrogen-bond acceptors (Lipinski definition) is 6. The van der Waals surface area contributed by atoms with Gasteiger partial charge in [-0.25, -0.2) is 9.59 Å². The predicted molar refractivity (Wildman–Crippen MR) is 107 cm³/mol. The van der Waals surface area contributed by atoms with E-state index in [0.717, 1.165) is 30.1 Å². The minimum atomic E-state index is -1.82. The van der Waals surface area contributed by atoms with Crippen LogP contribution in [-0.2, 0) is 14.3 Å². The molecule has 2 heterocycles. The summed E-state index contributed by atoms with van der Waals surface area (Å²) in [4.78, 5) is 20.8. The number of likely N-dealkylation sites (tertiary alicyclic amines) is 1. The standard InChI is InChI=1S/C19H27NO3.C2H2O4/c1-2-9-20(10-3-1)11-5-13-21-12-4-6-17-7-8-18-19(16-17)23-15-14-22-18;3-1(4)2(5)6/h4,6-8,16H,1-3,5,9-15H2;(H,3,4)(H,5,6)/b6-4+;. The van der Waals surface area contributed by atoms with Gasteiger partial charge in [0, 0.05) is 13.2 Å². The Morgan fingerprint density at radius 3 is 2.41 bits per heavy atom. The maximum absolute atomic E-state index is 9.10. The monoisotopic (exact) mass is 407 g/mol. The molecule has 2 aliphatic heterocycles. The quantitative estimate of drug-likeness (QED) is 0.525. The van der Waals surface area contributed by atoms with Gasteiger partial charge in [0.2, 0.25) is 0 Å². The molecular formula is C21H29NO7. The Hall–Kier alpha value is -2.58. The smallest absolute Gasteiger partial charge is 0.414 e. The number of carboxylic acids is 2. The Kier molecular flexibility index (Phi) is 10.0. The maximum atomic E-state index is 9.10. The summed E-state index contributed by atoms with van der Waals surface area (Å²) in [5, 5.41) is 14.8. The van der Waals surface area contributed by atoms with Gasteiger partial charge in [-0.15, -0.1) is 0 Å². The molecule has 8 heteroatoms. The first-order valence-corrected chi connectivity index (χ1v) is 9.89. The fraction of sp³-hybridized carbons (Fsp3) is 0.524. The lowest BCUT2D eigenvalue weighted by Crippen LogP contribution is -2.31. The van der Waals surface area contributed by atoms with Crippen molar-refractivity contribution in [2.24, 2.45) is 0 Å². The molecule has 0 amide bonds. The largest absolute Gasteiger partial charge is 0.486 e. The number of rotatable bonds is 7. The number of nitrogens with zero attached hydrogens (tertiary/aromatic N) is 1. The molecule has 0 saturated carbocycles. The number of piperidine rings is 1. The van der Waals surface area contributed by atoms with Crippen LogP contribution in [0.2, 0.25) is 0 Å². The fourth-order valence-electron chi connectivity index (χ4n) is 3.07. The van der Waals surface area contributed by atoms with Crippen molar-refractivity contribution >= 4 is 18.0 Å². The van der Waals surface area contributed by atoms with Crippen molar-refractivity contribution in [1.29, 1.82) is 0 Å². The topological polar surface area (TPSA) is 106 Å². The van der Waals surface area contributed by atoms with E-state index in [-0.39, 0.29) is 0 Å². The molecule has 1 aromatic carbocycles. The Labute approximate surface area is 170 Å². The van der Waals surface area contributed by atoms with Crippen LogP contribution in [0.3, 0.4) is 0 Å². The van der Waals surface area contributed by atoms with Crippen molar-refractivity contribution in [2.45, 2.75) is 25.7 Å². The third-order valence-corrected chi connectivity index (χ3v) is 4.49. The third kappa shape index (κ3) is 8.97. The van der Waals surface area contributed by atoms with Crippen LogP contribution >= 0.6 is 0 Å². The Balaban J connectivity index is 0.000000438. The molecule has 0 aromatic heterocycles. The second-order valence-corrected chi connectivity index (χ2v) is 6.75. The third-order valence-electron chi connectivity index (χ3n) is 4.49. The van der Waals surface area contributed by atoms with E-state index >= 15 is 0 Å². The van der Waals surface area contributed by atoms with Gasteiger partial charge < -0.3 is 29.3 Å². The molecule has 2 N–H and O–H groups in total. The summed E-state index contributed by atoms with van der Waals surface area (Å²) in [7, 11) is 0. The Morgan fingerprint density at radius 1 is 1.03 bits per heavy atom. The van der Waals surface area contributed by atoms with E-state index in [0.29, 0.717) is 19.8 Å². The second-order valence-electron chi connectivity index (χ2n) is 6.75. The summed E-state index contributed by atoms with van der Waals surface area (Å²) in [5.74, 6) is -1.98. The first-order valence-electron chi connectivity index (χ1n) is 9.89. The first-order chi connectivity index (χ1) is 14.1. The highest BCUT2D eigenvalue weighted by atomic mass is 16.6. The molecular weight excluding hydrogens is 378 g/mol. The zero-order valence-corrected chi connectivity index (χ0v) is 16.5. The Bertz CT molecular complexity index is 672. The molecule has 0 spiro atoms. The predicted octanol–water partition coefficient (Wildman–Crippen LogP) is 2.52. The van der Waals surface area contributed by atoms with Gasteiger partial charge >= 0.3 is 11.9 Å². The molecule has 160 valence electrons. The Morgan fingerprint density at radius 2 is 1.72 bits per heavy atom. The maximum Gasteiger partial charge on any atom is 0.414 e. The van der Waals surface area contributed by atoms with Crippen molar-refractivity contribution in [3.63, 3.8) is 0 Å². The number of fused-ring (bicyclic) bond motifs is 1. The summed E-state index contributed by atoms with van der Waals surface area (Å²) < 4.78 is 16.8. The zero-order chi connectivity index (χ0) is 20.9. The average Bonchev–Trinajstić information content (AvgIpc) is 2.74. The molecule has 1 fully saturated rings. The van der Waals surface area contributed by atoms with Crippen LogP contribution in [0.15, 0.2) is 24.3 Å². The van der Waals surface area contributed by atoms with Crippen molar-refractivity contribution in [2.75, 3.05) is 46.1 Å². The van der Waals surface area contributed by atoms with Crippen molar-refractivity contribution < 1.29 is 34.0 Å². The van der Waals surface area contributed by atoms with Crippen LogP contribution in [0.1, 0.15) is 31.2 Å². The highest BCUT2D eigenvalue weighted by Crippen LogP contribution is 2.31. The van der Waals surface area contributed by atoms with Crippen molar-refractivity contribution in [1.82, 2.24) is 4.90 Å². The number of aliphatic carboxylic acids is 2. The molecule has 3 rings (SSSR count). The molecule has 0 bridgehead atoms. The molecule has 8 nitrogen and oxygen atoms in total. The van der Waals surface area contributed by atoms with E-state index < -0.39 is 11.9 Å². The number of carboxylic acid groups (broad SMARTS) is 2. The van der Waals surface area contributed by atoms with Gasteiger partial charge in [-0.3, -0.25) is 0 Å². The molecule has 29 heavy (non-hydrogen) atoms. The number of benzene rings is 1. The van der Waals surface area contributed by atoms with E-state index in [1.807, 2.05) is 18.2 Å². The number of carbonyl (C=O) groups is 2. The van der Waals surface area contributed by atoms with E-state index in [9.17, 15) is 0 Å². The summed E-state index contributed by atoms with van der Waals surface area (Å²) >= 11 is 0. The number of hydrogen-bond donors (Lipinski definition) is 2. The van der Waals surface area contributed by atoms with E-state index in [4.69, 9.17) is 34.0 Å². The molecule has 1 saturated heterocycles. The summed E-state index contributed by atoms with van der Waals surface area (Å²) in [6.45, 7) is 6.46. The summed E-state index contributed by atoms with van der Waals surface area (Å²) in [5.41, 5.74) is 1.12. The first kappa shape index (κ1) is 22.7. The van der Waals surface area contributed by atoms with Crippen LogP contribution in [0.5, 0.6) is 11.5 Å². The normalized spacial score (nSPS) is 16.1. The van der Waals surface area contributed by atoms with Gasteiger partial charge in [-0.05, 0) is 50.0 Å². The summed E-state index contributed by atoms with van der Waals surface area (Å²) in [6.07, 6.45) is 9.38. The van der Waals surface area contributed by atoms with Crippen molar-refractivity contribution in [3.05, 3.63) is 29.8 Å². The minimum Gasteiger partial charge on any atom is -0.486 e. The van der Waals surface area contributed by atoms with Gasteiger partial charge in [0.25, 0.3) is 0 Å². The van der Waals surface area contributed by atoms with E-state index in [1.54, 1.807) is 0 Å². The van der Waals surface area contributed by atoms with Crippen LogP contribution in [0, 0.1) is 0 Å². The lowest BCUT2D eigenvalue weighted by atomic mass is 10.1. The highest BCUT2D eigenvalue weighted by molar-refractivity contribution is 6.27. The fourth-order valence-corrected chi connectivity index (χ4v) is 3.07. The zero-order valence-electron chi connectivity index (χ0n) is 16.5. The average molecular weight is 407 g/mol. The van der Waals surface area contributed by atoms with Crippen LogP contribution < -0.4 is 9.47 Å². The highest BCUT2D eigenvalue weighted by Gasteiger charge is 2.11.